The van der Waals surface area contributed by atoms with Crippen LogP contribution in [-0.2, 0) is 16.6 Å². The Hall–Kier alpha value is -0.980. The van der Waals surface area contributed by atoms with Crippen LogP contribution in [0.1, 0.15) is 19.4 Å². The van der Waals surface area contributed by atoms with Gasteiger partial charge in [-0.1, -0.05) is 6.07 Å². The Balaban J connectivity index is 2.04. The van der Waals surface area contributed by atoms with Gasteiger partial charge >= 0.3 is 0 Å². The maximum atomic E-state index is 12.1. The molecule has 0 bridgehead atoms. The van der Waals surface area contributed by atoms with Crippen molar-refractivity contribution in [3.05, 3.63) is 30.1 Å². The first-order chi connectivity index (χ1) is 8.99. The van der Waals surface area contributed by atoms with Gasteiger partial charge in [0.15, 0.2) is 0 Å². The summed E-state index contributed by atoms with van der Waals surface area (Å²) in [6.45, 7) is 6.53. The first-order valence-electron chi connectivity index (χ1n) is 6.60. The SMILES string of the molecule is CC(C)N1CCN(Cc2cccnc2)CCS1(=O)=O. The highest BCUT2D eigenvalue weighted by atomic mass is 32.2. The molecule has 0 spiro atoms. The Morgan fingerprint density at radius 2 is 2.11 bits per heavy atom. The van der Waals surface area contributed by atoms with Gasteiger partial charge in [0.05, 0.1) is 5.75 Å². The van der Waals surface area contributed by atoms with Crippen molar-refractivity contribution < 1.29 is 8.42 Å². The maximum absolute atomic E-state index is 12.1. The van der Waals surface area contributed by atoms with Crippen LogP contribution in [0.25, 0.3) is 0 Å². The molecule has 0 radical (unpaired) electrons. The van der Waals surface area contributed by atoms with E-state index in [2.05, 4.69) is 9.88 Å². The average Bonchev–Trinajstić information content (AvgIpc) is 2.50. The molecule has 1 aromatic rings. The fourth-order valence-electron chi connectivity index (χ4n) is 2.34. The average molecular weight is 283 g/mol. The monoisotopic (exact) mass is 283 g/mol. The van der Waals surface area contributed by atoms with E-state index < -0.39 is 10.0 Å². The summed E-state index contributed by atoms with van der Waals surface area (Å²) in [4.78, 5) is 6.27. The third-order valence-corrected chi connectivity index (χ3v) is 5.38. The van der Waals surface area contributed by atoms with Crippen LogP contribution in [0, 0.1) is 0 Å². The number of pyridine rings is 1. The second kappa shape index (κ2) is 5.98. The van der Waals surface area contributed by atoms with E-state index in [4.69, 9.17) is 0 Å². The molecule has 5 nitrogen and oxygen atoms in total. The quantitative estimate of drug-likeness (QED) is 0.828. The Morgan fingerprint density at radius 3 is 2.74 bits per heavy atom. The molecule has 1 aliphatic rings. The molecular weight excluding hydrogens is 262 g/mol. The summed E-state index contributed by atoms with van der Waals surface area (Å²) in [6, 6.07) is 3.96. The minimum Gasteiger partial charge on any atom is -0.297 e. The Bertz CT molecular complexity index is 502. The van der Waals surface area contributed by atoms with E-state index in [-0.39, 0.29) is 11.8 Å². The first kappa shape index (κ1) is 14.4. The Labute approximate surface area is 115 Å². The predicted octanol–water partition coefficient (Wildman–Crippen LogP) is 0.937. The van der Waals surface area contributed by atoms with E-state index in [0.717, 1.165) is 18.7 Å². The van der Waals surface area contributed by atoms with Crippen molar-refractivity contribution in [2.75, 3.05) is 25.4 Å². The van der Waals surface area contributed by atoms with Crippen molar-refractivity contribution in [2.24, 2.45) is 0 Å². The minimum absolute atomic E-state index is 0.0309. The number of hydrogen-bond acceptors (Lipinski definition) is 4. The van der Waals surface area contributed by atoms with Crippen molar-refractivity contribution in [1.82, 2.24) is 14.2 Å². The van der Waals surface area contributed by atoms with Crippen LogP contribution in [-0.4, -0.2) is 54.0 Å². The molecule has 1 saturated heterocycles. The minimum atomic E-state index is -3.11. The van der Waals surface area contributed by atoms with Crippen LogP contribution in [0.15, 0.2) is 24.5 Å². The smallest absolute Gasteiger partial charge is 0.215 e. The highest BCUT2D eigenvalue weighted by molar-refractivity contribution is 7.89. The zero-order valence-corrected chi connectivity index (χ0v) is 12.3. The molecule has 1 fully saturated rings. The molecule has 106 valence electrons. The van der Waals surface area contributed by atoms with E-state index >= 15 is 0 Å². The third-order valence-electron chi connectivity index (χ3n) is 3.36. The van der Waals surface area contributed by atoms with Gasteiger partial charge in [-0.2, -0.15) is 4.31 Å². The molecule has 6 heteroatoms. The van der Waals surface area contributed by atoms with E-state index in [1.807, 2.05) is 32.2 Å². The number of nitrogens with zero attached hydrogens (tertiary/aromatic N) is 3. The van der Waals surface area contributed by atoms with Crippen molar-refractivity contribution >= 4 is 10.0 Å². The molecule has 2 heterocycles. The Kier molecular flexibility index (Phi) is 4.54. The van der Waals surface area contributed by atoms with Gasteiger partial charge in [-0.05, 0) is 25.5 Å². The molecule has 0 atom stereocenters. The van der Waals surface area contributed by atoms with Crippen LogP contribution in [0.2, 0.25) is 0 Å². The number of sulfonamides is 1. The van der Waals surface area contributed by atoms with Gasteiger partial charge in [-0.15, -0.1) is 0 Å². The standard InChI is InChI=1S/C13H21N3O2S/c1-12(2)16-7-6-15(8-9-19(16,17)18)11-13-4-3-5-14-10-13/h3-5,10,12H,6-9,11H2,1-2H3. The van der Waals surface area contributed by atoms with Crippen molar-refractivity contribution in [1.29, 1.82) is 0 Å². The summed E-state index contributed by atoms with van der Waals surface area (Å²) >= 11 is 0. The Morgan fingerprint density at radius 1 is 1.32 bits per heavy atom. The second-order valence-corrected chi connectivity index (χ2v) is 7.20. The molecule has 0 unspecified atom stereocenters. The fourth-order valence-corrected chi connectivity index (χ4v) is 4.07. The van der Waals surface area contributed by atoms with Crippen LogP contribution >= 0.6 is 0 Å². The summed E-state index contributed by atoms with van der Waals surface area (Å²) < 4.78 is 25.9. The van der Waals surface area contributed by atoms with Gasteiger partial charge in [0.1, 0.15) is 0 Å². The van der Waals surface area contributed by atoms with Gasteiger partial charge in [-0.25, -0.2) is 8.42 Å². The molecule has 0 aliphatic carbocycles. The summed E-state index contributed by atoms with van der Waals surface area (Å²) in [7, 11) is -3.11. The lowest BCUT2D eigenvalue weighted by atomic mass is 10.2. The largest absolute Gasteiger partial charge is 0.297 e. The molecule has 0 amide bonds. The van der Waals surface area contributed by atoms with Gasteiger partial charge < -0.3 is 0 Å². The lowest BCUT2D eigenvalue weighted by Crippen LogP contribution is -2.39. The molecule has 1 aromatic heterocycles. The topological polar surface area (TPSA) is 53.5 Å². The predicted molar refractivity (Wildman–Crippen MR) is 75.1 cm³/mol. The first-order valence-corrected chi connectivity index (χ1v) is 8.21. The summed E-state index contributed by atoms with van der Waals surface area (Å²) in [6.07, 6.45) is 3.58. The van der Waals surface area contributed by atoms with Crippen LogP contribution in [0.3, 0.4) is 0 Å². The van der Waals surface area contributed by atoms with E-state index in [1.54, 1.807) is 10.5 Å². The lowest BCUT2D eigenvalue weighted by Gasteiger charge is -2.23. The summed E-state index contributed by atoms with van der Waals surface area (Å²) in [5.41, 5.74) is 1.12. The van der Waals surface area contributed by atoms with Crippen molar-refractivity contribution in [3.63, 3.8) is 0 Å². The molecule has 0 aromatic carbocycles. The van der Waals surface area contributed by atoms with E-state index in [1.165, 1.54) is 0 Å². The zero-order chi connectivity index (χ0) is 13.9. The highest BCUT2D eigenvalue weighted by Gasteiger charge is 2.28. The van der Waals surface area contributed by atoms with Crippen LogP contribution in [0.5, 0.6) is 0 Å². The molecule has 2 rings (SSSR count). The molecule has 0 N–H and O–H groups in total. The fraction of sp³-hybridized carbons (Fsp3) is 0.615. The van der Waals surface area contributed by atoms with Gasteiger partial charge in [-0.3, -0.25) is 9.88 Å². The molecule has 19 heavy (non-hydrogen) atoms. The second-order valence-electron chi connectivity index (χ2n) is 5.16. The number of aromatic nitrogens is 1. The van der Waals surface area contributed by atoms with E-state index in [0.29, 0.717) is 13.1 Å². The zero-order valence-electron chi connectivity index (χ0n) is 11.5. The summed E-state index contributed by atoms with van der Waals surface area (Å²) in [5.74, 6) is 0.200. The maximum Gasteiger partial charge on any atom is 0.215 e. The number of rotatable bonds is 3. The normalized spacial score (nSPS) is 21.4. The van der Waals surface area contributed by atoms with E-state index in [9.17, 15) is 8.42 Å². The van der Waals surface area contributed by atoms with Crippen molar-refractivity contribution in [2.45, 2.75) is 26.4 Å². The summed E-state index contributed by atoms with van der Waals surface area (Å²) in [5, 5.41) is 0. The highest BCUT2D eigenvalue weighted by Crippen LogP contribution is 2.13. The van der Waals surface area contributed by atoms with Crippen LogP contribution < -0.4 is 0 Å². The molecule has 0 saturated carbocycles. The van der Waals surface area contributed by atoms with Gasteiger partial charge in [0.25, 0.3) is 0 Å². The van der Waals surface area contributed by atoms with Crippen molar-refractivity contribution in [3.8, 4) is 0 Å². The van der Waals surface area contributed by atoms with Gasteiger partial charge in [0, 0.05) is 44.6 Å². The molecular formula is C13H21N3O2S. The number of hydrogen-bond donors (Lipinski definition) is 0. The lowest BCUT2D eigenvalue weighted by molar-refractivity contribution is 0.257. The van der Waals surface area contributed by atoms with Gasteiger partial charge in [0.2, 0.25) is 10.0 Å². The molecule has 1 aliphatic heterocycles. The van der Waals surface area contributed by atoms with Crippen LogP contribution in [0.4, 0.5) is 0 Å². The third kappa shape index (κ3) is 3.75.